The van der Waals surface area contributed by atoms with Gasteiger partial charge in [0, 0.05) is 69.2 Å². The second-order valence-electron chi connectivity index (χ2n) is 13.0. The van der Waals surface area contributed by atoms with Gasteiger partial charge in [0.1, 0.15) is 5.60 Å². The van der Waals surface area contributed by atoms with Gasteiger partial charge >= 0.3 is 18.4 Å². The maximum absolute atomic E-state index is 14.3. The Morgan fingerprint density at radius 2 is 1.43 bits per heavy atom. The summed E-state index contributed by atoms with van der Waals surface area (Å²) in [6.07, 6.45) is -8.27. The summed E-state index contributed by atoms with van der Waals surface area (Å²) in [7, 11) is 0. The number of likely N-dealkylation sites (tertiary alicyclic amines) is 2. The molecule has 7 nitrogen and oxygen atoms in total. The van der Waals surface area contributed by atoms with Crippen molar-refractivity contribution in [3.63, 3.8) is 0 Å². The average Bonchev–Trinajstić information content (AvgIpc) is 3.38. The molecule has 260 valence electrons. The van der Waals surface area contributed by atoms with Gasteiger partial charge in [0.2, 0.25) is 0 Å². The summed E-state index contributed by atoms with van der Waals surface area (Å²) >= 11 is 0. The highest BCUT2D eigenvalue weighted by Crippen LogP contribution is 2.38. The summed E-state index contributed by atoms with van der Waals surface area (Å²) in [6.45, 7) is 1.62. The minimum absolute atomic E-state index is 0.0117. The topological polar surface area (TPSA) is 70.2 Å². The summed E-state index contributed by atoms with van der Waals surface area (Å²) in [5.74, 6) is -0.832. The van der Waals surface area contributed by atoms with E-state index in [1.54, 1.807) is 24.3 Å². The van der Waals surface area contributed by atoms with Gasteiger partial charge in [-0.15, -0.1) is 0 Å². The molecule has 0 aromatic heterocycles. The van der Waals surface area contributed by atoms with Crippen LogP contribution in [0.5, 0.6) is 0 Å². The number of carbonyl (C=O) groups excluding carboxylic acids is 3. The Morgan fingerprint density at radius 1 is 0.776 bits per heavy atom. The fourth-order valence-electron chi connectivity index (χ4n) is 6.93. The summed E-state index contributed by atoms with van der Waals surface area (Å²) in [5.41, 5.74) is -1.60. The number of piperidine rings is 2. The zero-order chi connectivity index (χ0) is 35.0. The fourth-order valence-corrected chi connectivity index (χ4v) is 6.93. The molecule has 49 heavy (non-hydrogen) atoms. The standard InChI is InChI=1S/C36H35F6N3O4/c37-35(38,39)29-10-6-24(7-11-29)21-43-18-14-34(15-19-43)23-45(33(48)49-34)22-28-9-8-27(20-30(28)36(40,41)42)32(47)44-16-12-26(13-17-44)31(46)25-4-2-1-3-5-25/h1-11,20,26H,12-19,21-23H2. The van der Waals surface area contributed by atoms with E-state index in [0.717, 1.165) is 18.2 Å². The first-order valence-electron chi connectivity index (χ1n) is 16.2. The predicted octanol–water partition coefficient (Wildman–Crippen LogP) is 7.45. The van der Waals surface area contributed by atoms with Crippen molar-refractivity contribution in [1.82, 2.24) is 14.7 Å². The van der Waals surface area contributed by atoms with Gasteiger partial charge in [-0.3, -0.25) is 19.4 Å². The lowest BCUT2D eigenvalue weighted by molar-refractivity contribution is -0.138. The number of hydrogen-bond acceptors (Lipinski definition) is 5. The van der Waals surface area contributed by atoms with Crippen molar-refractivity contribution < 1.29 is 45.5 Å². The van der Waals surface area contributed by atoms with Crippen molar-refractivity contribution in [2.75, 3.05) is 32.7 Å². The molecule has 3 aliphatic heterocycles. The molecule has 3 aliphatic rings. The number of ketones is 1. The Balaban J connectivity index is 1.06. The molecule has 3 fully saturated rings. The highest BCUT2D eigenvalue weighted by atomic mass is 19.4. The van der Waals surface area contributed by atoms with E-state index in [-0.39, 0.29) is 49.0 Å². The Hall–Kier alpha value is -4.39. The van der Waals surface area contributed by atoms with Crippen LogP contribution in [0.15, 0.2) is 72.8 Å². The summed E-state index contributed by atoms with van der Waals surface area (Å²) < 4.78 is 87.3. The van der Waals surface area contributed by atoms with Crippen molar-refractivity contribution >= 4 is 17.8 Å². The third kappa shape index (κ3) is 7.76. The molecular formula is C36H35F6N3O4. The van der Waals surface area contributed by atoms with E-state index in [1.165, 1.54) is 34.1 Å². The predicted molar refractivity (Wildman–Crippen MR) is 166 cm³/mol. The average molecular weight is 688 g/mol. The van der Waals surface area contributed by atoms with Crippen molar-refractivity contribution in [1.29, 1.82) is 0 Å². The summed E-state index contributed by atoms with van der Waals surface area (Å²) in [4.78, 5) is 43.7. The highest BCUT2D eigenvalue weighted by Gasteiger charge is 2.47. The lowest BCUT2D eigenvalue weighted by Crippen LogP contribution is -2.46. The number of amides is 2. The number of hydrogen-bond donors (Lipinski definition) is 0. The van der Waals surface area contributed by atoms with E-state index in [4.69, 9.17) is 4.74 Å². The fraction of sp³-hybridized carbons (Fsp3) is 0.417. The number of alkyl halides is 6. The minimum Gasteiger partial charge on any atom is -0.441 e. The number of ether oxygens (including phenoxy) is 1. The number of rotatable bonds is 7. The maximum atomic E-state index is 14.3. The molecule has 3 heterocycles. The second-order valence-corrected chi connectivity index (χ2v) is 13.0. The van der Waals surface area contributed by atoms with E-state index < -0.39 is 41.1 Å². The molecule has 0 aliphatic carbocycles. The van der Waals surface area contributed by atoms with Crippen LogP contribution in [0.4, 0.5) is 31.1 Å². The quantitative estimate of drug-likeness (QED) is 0.191. The lowest BCUT2D eigenvalue weighted by Gasteiger charge is -2.37. The number of halogens is 6. The molecular weight excluding hydrogens is 652 g/mol. The second kappa shape index (κ2) is 13.5. The molecule has 0 atom stereocenters. The molecule has 0 saturated carbocycles. The SMILES string of the molecule is O=C(c1ccccc1)C1CCN(C(=O)c2ccc(CN3CC4(CCN(Cc5ccc(C(F)(F)F)cc5)CC4)OC3=O)c(C(F)(F)F)c2)CC1. The van der Waals surface area contributed by atoms with Gasteiger partial charge in [-0.25, -0.2) is 4.79 Å². The van der Waals surface area contributed by atoms with Crippen LogP contribution in [0.25, 0.3) is 0 Å². The van der Waals surface area contributed by atoms with Gasteiger partial charge in [0.05, 0.1) is 17.7 Å². The van der Waals surface area contributed by atoms with E-state index in [1.807, 2.05) is 11.0 Å². The number of benzene rings is 3. The van der Waals surface area contributed by atoms with Crippen LogP contribution in [0.2, 0.25) is 0 Å². The monoisotopic (exact) mass is 687 g/mol. The van der Waals surface area contributed by atoms with Gasteiger partial charge in [-0.1, -0.05) is 48.5 Å². The van der Waals surface area contributed by atoms with E-state index in [9.17, 15) is 40.7 Å². The Labute approximate surface area is 279 Å². The molecule has 13 heteroatoms. The molecule has 0 bridgehead atoms. The lowest BCUT2D eigenvalue weighted by atomic mass is 9.88. The molecule has 3 aromatic rings. The maximum Gasteiger partial charge on any atom is 0.416 e. The van der Waals surface area contributed by atoms with Crippen LogP contribution in [0.1, 0.15) is 68.7 Å². The van der Waals surface area contributed by atoms with E-state index in [2.05, 4.69) is 0 Å². The van der Waals surface area contributed by atoms with Crippen LogP contribution in [0.3, 0.4) is 0 Å². The number of carbonyl (C=O) groups is 3. The Morgan fingerprint density at radius 3 is 2.04 bits per heavy atom. The van der Waals surface area contributed by atoms with Crippen LogP contribution >= 0.6 is 0 Å². The first-order chi connectivity index (χ1) is 23.2. The first-order valence-corrected chi connectivity index (χ1v) is 16.2. The molecule has 3 saturated heterocycles. The zero-order valence-electron chi connectivity index (χ0n) is 26.5. The van der Waals surface area contributed by atoms with Crippen LogP contribution in [-0.2, 0) is 30.2 Å². The van der Waals surface area contributed by atoms with Gasteiger partial charge in [-0.2, -0.15) is 26.3 Å². The van der Waals surface area contributed by atoms with Crippen LogP contribution in [0, 0.1) is 5.92 Å². The molecule has 0 unspecified atom stereocenters. The molecule has 2 amide bonds. The van der Waals surface area contributed by atoms with Crippen LogP contribution in [-0.4, -0.2) is 70.8 Å². The normalized spacial score (nSPS) is 18.9. The van der Waals surface area contributed by atoms with Gasteiger partial charge in [0.25, 0.3) is 5.91 Å². The molecule has 6 rings (SSSR count). The van der Waals surface area contributed by atoms with Crippen molar-refractivity contribution in [3.8, 4) is 0 Å². The van der Waals surface area contributed by atoms with Gasteiger partial charge in [-0.05, 0) is 48.2 Å². The number of Topliss-reactive ketones (excluding diaryl/α,β-unsaturated/α-hetero) is 1. The smallest absolute Gasteiger partial charge is 0.416 e. The van der Waals surface area contributed by atoms with Gasteiger partial charge < -0.3 is 9.64 Å². The van der Waals surface area contributed by atoms with E-state index in [0.29, 0.717) is 56.4 Å². The molecule has 3 aromatic carbocycles. The summed E-state index contributed by atoms with van der Waals surface area (Å²) in [5, 5.41) is 0. The first kappa shape index (κ1) is 34.5. The molecule has 0 N–H and O–H groups in total. The van der Waals surface area contributed by atoms with Crippen molar-refractivity contribution in [3.05, 3.63) is 106 Å². The molecule has 0 radical (unpaired) electrons. The van der Waals surface area contributed by atoms with Crippen molar-refractivity contribution in [2.45, 2.75) is 56.7 Å². The highest BCUT2D eigenvalue weighted by molar-refractivity contribution is 5.98. The molecule has 1 spiro atoms. The van der Waals surface area contributed by atoms with Crippen molar-refractivity contribution in [2.24, 2.45) is 5.92 Å². The van der Waals surface area contributed by atoms with Gasteiger partial charge in [0.15, 0.2) is 5.78 Å². The largest absolute Gasteiger partial charge is 0.441 e. The minimum atomic E-state index is -4.79. The summed E-state index contributed by atoms with van der Waals surface area (Å²) in [6, 6.07) is 17.2. The zero-order valence-corrected chi connectivity index (χ0v) is 26.5. The number of nitrogens with zero attached hydrogens (tertiary/aromatic N) is 3. The third-order valence-corrected chi connectivity index (χ3v) is 9.73. The third-order valence-electron chi connectivity index (χ3n) is 9.73. The van der Waals surface area contributed by atoms with Crippen LogP contribution < -0.4 is 0 Å². The van der Waals surface area contributed by atoms with E-state index >= 15 is 0 Å². The Bertz CT molecular complexity index is 1680. The Kier molecular flexibility index (Phi) is 9.49.